The van der Waals surface area contributed by atoms with E-state index in [9.17, 15) is 27.1 Å². The van der Waals surface area contributed by atoms with Crippen molar-refractivity contribution in [3.05, 3.63) is 64.5 Å². The molecule has 0 unspecified atom stereocenters. The lowest BCUT2D eigenvalue weighted by Gasteiger charge is -2.11. The first-order valence-electron chi connectivity index (χ1n) is 6.88. The molecular weight excluding hydrogens is 329 g/mol. The quantitative estimate of drug-likeness (QED) is 0.426. The Kier molecular flexibility index (Phi) is 3.96. The summed E-state index contributed by atoms with van der Waals surface area (Å²) in [4.78, 5) is 3.98. The predicted molar refractivity (Wildman–Crippen MR) is 77.6 cm³/mol. The third-order valence-corrected chi connectivity index (χ3v) is 3.69. The molecule has 0 radical (unpaired) electrons. The predicted octanol–water partition coefficient (Wildman–Crippen LogP) is 4.40. The smallest absolute Gasteiger partial charge is 0.200 e. The number of pyridine rings is 1. The minimum Gasteiger partial charge on any atom is -0.392 e. The van der Waals surface area contributed by atoms with E-state index in [-0.39, 0.29) is 11.1 Å². The molecule has 0 aliphatic heterocycles. The summed E-state index contributed by atoms with van der Waals surface area (Å²) in [5, 5.41) is 10.00. The van der Waals surface area contributed by atoms with Gasteiger partial charge in [-0.1, -0.05) is 11.6 Å². The van der Waals surface area contributed by atoms with Crippen molar-refractivity contribution in [3.8, 4) is 11.3 Å². The zero-order chi connectivity index (χ0) is 17.6. The SMILES string of the molecule is Cc1ccc2nc(-c3c(F)c(F)c(F)c(F)c3F)cc(CO)c2c1. The number of aliphatic hydroxyl groups is 1. The topological polar surface area (TPSA) is 33.1 Å². The van der Waals surface area contributed by atoms with Crippen molar-refractivity contribution >= 4 is 10.9 Å². The van der Waals surface area contributed by atoms with Crippen molar-refractivity contribution < 1.29 is 27.1 Å². The van der Waals surface area contributed by atoms with E-state index in [1.807, 2.05) is 0 Å². The van der Waals surface area contributed by atoms with Gasteiger partial charge in [0.25, 0.3) is 0 Å². The molecule has 3 rings (SSSR count). The third-order valence-electron chi connectivity index (χ3n) is 3.69. The van der Waals surface area contributed by atoms with Crippen molar-refractivity contribution in [2.75, 3.05) is 0 Å². The second-order valence-corrected chi connectivity index (χ2v) is 5.29. The average molecular weight is 339 g/mol. The minimum atomic E-state index is -2.23. The van der Waals surface area contributed by atoms with E-state index in [0.717, 1.165) is 11.6 Å². The minimum absolute atomic E-state index is 0.266. The molecule has 24 heavy (non-hydrogen) atoms. The van der Waals surface area contributed by atoms with Gasteiger partial charge in [0.2, 0.25) is 5.82 Å². The number of aliphatic hydroxyl groups excluding tert-OH is 1. The van der Waals surface area contributed by atoms with Crippen LogP contribution in [0.25, 0.3) is 22.2 Å². The summed E-state index contributed by atoms with van der Waals surface area (Å²) < 4.78 is 67.9. The molecule has 0 amide bonds. The van der Waals surface area contributed by atoms with E-state index in [1.165, 1.54) is 0 Å². The number of fused-ring (bicyclic) bond motifs is 1. The van der Waals surface area contributed by atoms with Gasteiger partial charge < -0.3 is 5.11 Å². The van der Waals surface area contributed by atoms with Crippen LogP contribution in [0.5, 0.6) is 0 Å². The van der Waals surface area contributed by atoms with Crippen molar-refractivity contribution in [2.45, 2.75) is 13.5 Å². The van der Waals surface area contributed by atoms with Crippen LogP contribution in [-0.2, 0) is 6.61 Å². The number of aryl methyl sites for hydroxylation is 1. The monoisotopic (exact) mass is 339 g/mol. The fraction of sp³-hybridized carbons (Fsp3) is 0.118. The first kappa shape index (κ1) is 16.3. The molecule has 0 spiro atoms. The lowest BCUT2D eigenvalue weighted by Crippen LogP contribution is -2.05. The zero-order valence-electron chi connectivity index (χ0n) is 12.3. The van der Waals surface area contributed by atoms with E-state index in [0.29, 0.717) is 5.39 Å². The van der Waals surface area contributed by atoms with Gasteiger partial charge in [-0.15, -0.1) is 0 Å². The van der Waals surface area contributed by atoms with Crippen LogP contribution < -0.4 is 0 Å². The molecule has 2 aromatic carbocycles. The molecule has 0 aliphatic rings. The van der Waals surface area contributed by atoms with Gasteiger partial charge in [-0.05, 0) is 30.7 Å². The molecule has 7 heteroatoms. The number of hydrogen-bond donors (Lipinski definition) is 1. The highest BCUT2D eigenvalue weighted by Gasteiger charge is 2.27. The molecule has 0 saturated carbocycles. The Morgan fingerprint density at radius 3 is 2.04 bits per heavy atom. The molecule has 2 nitrogen and oxygen atoms in total. The molecule has 124 valence electrons. The number of hydrogen-bond acceptors (Lipinski definition) is 2. The first-order valence-corrected chi connectivity index (χ1v) is 6.88. The van der Waals surface area contributed by atoms with Crippen LogP contribution in [0, 0.1) is 36.0 Å². The van der Waals surface area contributed by atoms with E-state index >= 15 is 0 Å². The normalized spacial score (nSPS) is 11.3. The van der Waals surface area contributed by atoms with E-state index in [2.05, 4.69) is 4.98 Å². The Labute approximate surface area is 133 Å². The van der Waals surface area contributed by atoms with Gasteiger partial charge in [-0.2, -0.15) is 0 Å². The summed E-state index contributed by atoms with van der Waals surface area (Å²) in [6.45, 7) is 1.32. The van der Waals surface area contributed by atoms with Gasteiger partial charge in [0.1, 0.15) is 0 Å². The van der Waals surface area contributed by atoms with Crippen LogP contribution >= 0.6 is 0 Å². The van der Waals surface area contributed by atoms with Crippen LogP contribution in [0.1, 0.15) is 11.1 Å². The third kappa shape index (κ3) is 2.41. The number of halogens is 5. The molecule has 0 atom stereocenters. The maximum Gasteiger partial charge on any atom is 0.200 e. The Hall–Kier alpha value is -2.54. The lowest BCUT2D eigenvalue weighted by molar-refractivity contribution is 0.283. The van der Waals surface area contributed by atoms with Gasteiger partial charge in [-0.25, -0.2) is 26.9 Å². The number of nitrogens with zero attached hydrogens (tertiary/aromatic N) is 1. The molecule has 1 aromatic heterocycles. The summed E-state index contributed by atoms with van der Waals surface area (Å²) in [5.74, 6) is -10.2. The summed E-state index contributed by atoms with van der Waals surface area (Å²) in [6.07, 6.45) is 0. The van der Waals surface area contributed by atoms with Crippen molar-refractivity contribution in [3.63, 3.8) is 0 Å². The van der Waals surface area contributed by atoms with Gasteiger partial charge in [-0.3, -0.25) is 0 Å². The standard InChI is InChI=1S/C17H10F5NO/c1-7-2-3-10-9(4-7)8(6-24)5-11(23-10)12-13(18)15(20)17(22)16(21)14(12)19/h2-5,24H,6H2,1H3. The van der Waals surface area contributed by atoms with Crippen LogP contribution in [0.2, 0.25) is 0 Å². The molecule has 1 N–H and O–H groups in total. The number of benzene rings is 2. The van der Waals surface area contributed by atoms with Crippen LogP contribution in [-0.4, -0.2) is 10.1 Å². The zero-order valence-corrected chi connectivity index (χ0v) is 12.3. The van der Waals surface area contributed by atoms with E-state index < -0.39 is 47.0 Å². The molecule has 0 bridgehead atoms. The summed E-state index contributed by atoms with van der Waals surface area (Å²) >= 11 is 0. The van der Waals surface area contributed by atoms with Crippen LogP contribution in [0.3, 0.4) is 0 Å². The molecule has 1 heterocycles. The van der Waals surface area contributed by atoms with Crippen LogP contribution in [0.4, 0.5) is 22.0 Å². The summed E-state index contributed by atoms with van der Waals surface area (Å²) in [6, 6.07) is 6.04. The van der Waals surface area contributed by atoms with Crippen molar-refractivity contribution in [2.24, 2.45) is 0 Å². The van der Waals surface area contributed by atoms with E-state index in [4.69, 9.17) is 0 Å². The largest absolute Gasteiger partial charge is 0.392 e. The van der Waals surface area contributed by atoms with Crippen LogP contribution in [0.15, 0.2) is 24.3 Å². The fourth-order valence-electron chi connectivity index (χ4n) is 2.50. The van der Waals surface area contributed by atoms with Gasteiger partial charge in [0.05, 0.1) is 23.4 Å². The maximum absolute atomic E-state index is 14.0. The van der Waals surface area contributed by atoms with Gasteiger partial charge in [0, 0.05) is 5.39 Å². The Morgan fingerprint density at radius 2 is 1.46 bits per heavy atom. The van der Waals surface area contributed by atoms with Crippen molar-refractivity contribution in [1.29, 1.82) is 0 Å². The highest BCUT2D eigenvalue weighted by Crippen LogP contribution is 2.33. The first-order chi connectivity index (χ1) is 11.3. The highest BCUT2D eigenvalue weighted by molar-refractivity contribution is 5.85. The summed E-state index contributed by atoms with van der Waals surface area (Å²) in [7, 11) is 0. The fourth-order valence-corrected chi connectivity index (χ4v) is 2.50. The second-order valence-electron chi connectivity index (χ2n) is 5.29. The second kappa shape index (κ2) is 5.83. The molecular formula is C17H10F5NO. The van der Waals surface area contributed by atoms with E-state index in [1.54, 1.807) is 25.1 Å². The number of aromatic nitrogens is 1. The molecule has 3 aromatic rings. The molecule has 0 saturated heterocycles. The summed E-state index contributed by atoms with van der Waals surface area (Å²) in [5.41, 5.74) is -0.163. The Morgan fingerprint density at radius 1 is 0.875 bits per heavy atom. The number of rotatable bonds is 2. The van der Waals surface area contributed by atoms with Crippen molar-refractivity contribution in [1.82, 2.24) is 4.98 Å². The maximum atomic E-state index is 14.0. The average Bonchev–Trinajstić information content (AvgIpc) is 2.58. The Balaban J connectivity index is 2.38. The highest BCUT2D eigenvalue weighted by atomic mass is 19.2. The van der Waals surface area contributed by atoms with Gasteiger partial charge >= 0.3 is 0 Å². The molecule has 0 aliphatic carbocycles. The van der Waals surface area contributed by atoms with Gasteiger partial charge in [0.15, 0.2) is 23.3 Å². The lowest BCUT2D eigenvalue weighted by atomic mass is 10.0. The Bertz CT molecular complexity index is 942. The molecule has 0 fully saturated rings.